The van der Waals surface area contributed by atoms with Crippen LogP contribution in [0.2, 0.25) is 0 Å². The van der Waals surface area contributed by atoms with Gasteiger partial charge in [0.1, 0.15) is 5.40 Å². The van der Waals surface area contributed by atoms with E-state index in [-0.39, 0.29) is 11.3 Å². The van der Waals surface area contributed by atoms with Crippen LogP contribution in [0, 0.1) is 16.6 Å². The molecule has 1 saturated carbocycles. The summed E-state index contributed by atoms with van der Waals surface area (Å²) in [5.74, 6) is -1.21. The van der Waals surface area contributed by atoms with Crippen molar-refractivity contribution in [2.75, 3.05) is 0 Å². The summed E-state index contributed by atoms with van der Waals surface area (Å²) in [5.41, 5.74) is 0.650. The van der Waals surface area contributed by atoms with Crippen LogP contribution in [0.3, 0.4) is 0 Å². The lowest BCUT2D eigenvalue weighted by Gasteiger charge is -2.40. The van der Waals surface area contributed by atoms with Crippen LogP contribution in [0.1, 0.15) is 31.2 Å². The lowest BCUT2D eigenvalue weighted by Crippen LogP contribution is -2.45. The lowest BCUT2D eigenvalue weighted by atomic mass is 9.75. The van der Waals surface area contributed by atoms with Crippen molar-refractivity contribution in [3.8, 4) is 5.40 Å². The molecule has 1 N–H and O–H groups in total. The second-order valence-corrected chi connectivity index (χ2v) is 6.60. The molecular weight excluding hydrogens is 294 g/mol. The van der Waals surface area contributed by atoms with Gasteiger partial charge in [0, 0.05) is 11.3 Å². The molecule has 3 atom stereocenters. The first kappa shape index (κ1) is 15.2. The highest BCUT2D eigenvalue weighted by atomic mass is 35.5. The summed E-state index contributed by atoms with van der Waals surface area (Å²) < 4.78 is -1.27. The van der Waals surface area contributed by atoms with Gasteiger partial charge < -0.3 is 5.11 Å². The quantitative estimate of drug-likeness (QED) is 0.675. The standard InChI is InChI=1S/C15H16ClNO2S/c16-13-9-5-4-8-12(13)15(14(18)19,20-10-17)11-6-2-1-3-7-11/h1-3,6-7,12-13H,4-5,8-9H2,(H,18,19). The Balaban J connectivity index is 2.53. The van der Waals surface area contributed by atoms with Crippen LogP contribution < -0.4 is 0 Å². The van der Waals surface area contributed by atoms with Gasteiger partial charge >= 0.3 is 5.97 Å². The Kier molecular flexibility index (Phi) is 4.95. The Morgan fingerprint density at radius 2 is 2.00 bits per heavy atom. The maximum Gasteiger partial charge on any atom is 0.325 e. The number of thioether (sulfide) groups is 1. The Morgan fingerprint density at radius 1 is 1.35 bits per heavy atom. The molecule has 1 aromatic rings. The predicted octanol–water partition coefficient (Wildman–Crippen LogP) is 3.98. The number of carboxylic acids is 1. The Labute approximate surface area is 127 Å². The van der Waals surface area contributed by atoms with Gasteiger partial charge in [-0.3, -0.25) is 4.79 Å². The third-order valence-corrected chi connectivity index (χ3v) is 5.58. The zero-order chi connectivity index (χ0) is 14.6. The largest absolute Gasteiger partial charge is 0.480 e. The summed E-state index contributed by atoms with van der Waals surface area (Å²) in [4.78, 5) is 12.0. The second-order valence-electron chi connectivity index (χ2n) is 5.01. The van der Waals surface area contributed by atoms with Gasteiger partial charge in [0.2, 0.25) is 0 Å². The van der Waals surface area contributed by atoms with Gasteiger partial charge in [-0.05, 0) is 30.2 Å². The van der Waals surface area contributed by atoms with Crippen LogP contribution in [-0.2, 0) is 9.54 Å². The first-order valence-electron chi connectivity index (χ1n) is 6.63. The van der Waals surface area contributed by atoms with Crippen LogP contribution in [-0.4, -0.2) is 16.5 Å². The molecule has 106 valence electrons. The number of carbonyl (C=O) groups is 1. The lowest BCUT2D eigenvalue weighted by molar-refractivity contribution is -0.142. The number of aliphatic carboxylic acids is 1. The number of benzene rings is 1. The molecule has 1 aromatic carbocycles. The van der Waals surface area contributed by atoms with Crippen LogP contribution in [0.5, 0.6) is 0 Å². The van der Waals surface area contributed by atoms with Crippen molar-refractivity contribution in [3.05, 3.63) is 35.9 Å². The summed E-state index contributed by atoms with van der Waals surface area (Å²) in [7, 11) is 0. The monoisotopic (exact) mass is 309 g/mol. The molecule has 20 heavy (non-hydrogen) atoms. The molecule has 1 aliphatic rings. The molecule has 0 bridgehead atoms. The molecule has 1 aliphatic carbocycles. The molecule has 0 amide bonds. The van der Waals surface area contributed by atoms with Crippen LogP contribution in [0.15, 0.2) is 30.3 Å². The van der Waals surface area contributed by atoms with E-state index in [0.717, 1.165) is 37.4 Å². The minimum absolute atomic E-state index is 0.207. The molecule has 0 saturated heterocycles. The van der Waals surface area contributed by atoms with Crippen molar-refractivity contribution < 1.29 is 9.90 Å². The van der Waals surface area contributed by atoms with E-state index in [1.54, 1.807) is 24.3 Å². The topological polar surface area (TPSA) is 61.1 Å². The maximum atomic E-state index is 12.0. The van der Waals surface area contributed by atoms with Gasteiger partial charge in [-0.2, -0.15) is 5.26 Å². The van der Waals surface area contributed by atoms with Gasteiger partial charge in [0.15, 0.2) is 4.75 Å². The molecule has 0 heterocycles. The van der Waals surface area contributed by atoms with E-state index in [1.165, 1.54) is 0 Å². The van der Waals surface area contributed by atoms with Gasteiger partial charge in [-0.15, -0.1) is 11.6 Å². The number of halogens is 1. The highest BCUT2D eigenvalue weighted by molar-refractivity contribution is 8.05. The number of alkyl halides is 1. The SMILES string of the molecule is N#CSC(C(=O)O)(c1ccccc1)C1CCCCC1Cl. The number of hydrogen-bond acceptors (Lipinski definition) is 3. The molecule has 0 spiro atoms. The van der Waals surface area contributed by atoms with Crippen molar-refractivity contribution in [1.82, 2.24) is 0 Å². The normalized spacial score (nSPS) is 25.4. The van der Waals surface area contributed by atoms with Crippen LogP contribution >= 0.6 is 23.4 Å². The summed E-state index contributed by atoms with van der Waals surface area (Å²) in [6.45, 7) is 0. The highest BCUT2D eigenvalue weighted by Gasteiger charge is 2.51. The molecule has 0 aliphatic heterocycles. The third kappa shape index (κ3) is 2.65. The van der Waals surface area contributed by atoms with E-state index in [4.69, 9.17) is 16.9 Å². The fraction of sp³-hybridized carbons (Fsp3) is 0.467. The van der Waals surface area contributed by atoms with E-state index < -0.39 is 10.7 Å². The van der Waals surface area contributed by atoms with Crippen molar-refractivity contribution >= 4 is 29.3 Å². The Bertz CT molecular complexity index is 516. The van der Waals surface area contributed by atoms with Crippen molar-refractivity contribution in [1.29, 1.82) is 5.26 Å². The summed E-state index contributed by atoms with van der Waals surface area (Å²) in [5, 5.41) is 20.8. The summed E-state index contributed by atoms with van der Waals surface area (Å²) >= 11 is 7.23. The molecule has 0 radical (unpaired) electrons. The fourth-order valence-electron chi connectivity index (χ4n) is 2.98. The van der Waals surface area contributed by atoms with Crippen molar-refractivity contribution in [2.24, 2.45) is 5.92 Å². The van der Waals surface area contributed by atoms with Gasteiger partial charge in [0.05, 0.1) is 0 Å². The van der Waals surface area contributed by atoms with Gasteiger partial charge in [-0.1, -0.05) is 43.2 Å². The van der Waals surface area contributed by atoms with Gasteiger partial charge in [0.25, 0.3) is 0 Å². The van der Waals surface area contributed by atoms with E-state index in [2.05, 4.69) is 0 Å². The average molecular weight is 310 g/mol. The van der Waals surface area contributed by atoms with Crippen LogP contribution in [0.25, 0.3) is 0 Å². The van der Waals surface area contributed by atoms with Crippen molar-refractivity contribution in [3.63, 3.8) is 0 Å². The molecule has 2 rings (SSSR count). The van der Waals surface area contributed by atoms with Crippen LogP contribution in [0.4, 0.5) is 0 Å². The maximum absolute atomic E-state index is 12.0. The molecule has 5 heteroatoms. The minimum Gasteiger partial charge on any atom is -0.480 e. The zero-order valence-electron chi connectivity index (χ0n) is 11.0. The number of nitriles is 1. The van der Waals surface area contributed by atoms with Gasteiger partial charge in [-0.25, -0.2) is 0 Å². The molecule has 1 fully saturated rings. The average Bonchev–Trinajstić information content (AvgIpc) is 2.46. The third-order valence-electron chi connectivity index (χ3n) is 3.93. The Hall–Kier alpha value is -1.18. The summed E-state index contributed by atoms with van der Waals surface area (Å²) in [6, 6.07) is 8.99. The number of rotatable bonds is 4. The first-order valence-corrected chi connectivity index (χ1v) is 7.88. The van der Waals surface area contributed by atoms with E-state index in [0.29, 0.717) is 5.56 Å². The smallest absolute Gasteiger partial charge is 0.325 e. The molecule has 3 unspecified atom stereocenters. The zero-order valence-corrected chi connectivity index (χ0v) is 12.5. The van der Waals surface area contributed by atoms with E-state index >= 15 is 0 Å². The predicted molar refractivity (Wildman–Crippen MR) is 80.6 cm³/mol. The highest BCUT2D eigenvalue weighted by Crippen LogP contribution is 2.50. The number of thiocyanates is 1. The number of hydrogen-bond donors (Lipinski definition) is 1. The fourth-order valence-corrected chi connectivity index (χ4v) is 4.44. The minimum atomic E-state index is -1.27. The molecular formula is C15H16ClNO2S. The number of nitrogens with zero attached hydrogens (tertiary/aromatic N) is 1. The van der Waals surface area contributed by atoms with E-state index in [1.807, 2.05) is 11.5 Å². The molecule has 3 nitrogen and oxygen atoms in total. The molecule has 0 aromatic heterocycles. The second kappa shape index (κ2) is 6.51. The van der Waals surface area contributed by atoms with E-state index in [9.17, 15) is 9.90 Å². The summed E-state index contributed by atoms with van der Waals surface area (Å²) in [6.07, 6.45) is 3.53. The number of carboxylic acid groups (broad SMARTS) is 1. The Morgan fingerprint density at radius 3 is 2.55 bits per heavy atom. The van der Waals surface area contributed by atoms with Crippen molar-refractivity contribution in [2.45, 2.75) is 35.8 Å². The first-order chi connectivity index (χ1) is 9.63.